The van der Waals surface area contributed by atoms with Crippen LogP contribution >= 0.6 is 0 Å². The largest absolute Gasteiger partial charge is 0.381 e. The van der Waals surface area contributed by atoms with Crippen molar-refractivity contribution in [1.82, 2.24) is 4.90 Å². The summed E-state index contributed by atoms with van der Waals surface area (Å²) in [6.45, 7) is 7.99. The van der Waals surface area contributed by atoms with Gasteiger partial charge >= 0.3 is 0 Å². The van der Waals surface area contributed by atoms with E-state index in [1.54, 1.807) is 4.90 Å². The fraction of sp³-hybridized carbons (Fsp3) is 0.900. The second kappa shape index (κ2) is 3.87. The summed E-state index contributed by atoms with van der Waals surface area (Å²) in [5, 5.41) is 9.61. The molecule has 4 heteroatoms. The van der Waals surface area contributed by atoms with Gasteiger partial charge in [-0.05, 0) is 27.7 Å². The molecule has 1 heterocycles. The first kappa shape index (κ1) is 11.5. The van der Waals surface area contributed by atoms with E-state index in [0.717, 1.165) is 0 Å². The molecule has 2 atom stereocenters. The van der Waals surface area contributed by atoms with Crippen LogP contribution in [-0.2, 0) is 9.53 Å². The van der Waals surface area contributed by atoms with Crippen LogP contribution in [0.1, 0.15) is 27.7 Å². The smallest absolute Gasteiger partial charge is 0.254 e. The second-order valence-electron chi connectivity index (χ2n) is 4.51. The molecule has 0 radical (unpaired) electrons. The number of hydrogen-bond donors (Lipinski definition) is 1. The molecule has 1 aliphatic rings. The van der Waals surface area contributed by atoms with Crippen molar-refractivity contribution in [3.05, 3.63) is 0 Å². The number of rotatable bonds is 1. The van der Waals surface area contributed by atoms with Gasteiger partial charge in [-0.1, -0.05) is 0 Å². The number of ether oxygens (including phenoxy) is 1. The number of aliphatic hydroxyl groups is 1. The third-order valence-corrected chi connectivity index (χ3v) is 2.39. The molecule has 1 rings (SSSR count). The monoisotopic (exact) mass is 201 g/mol. The Morgan fingerprint density at radius 2 is 2.07 bits per heavy atom. The van der Waals surface area contributed by atoms with Gasteiger partial charge in [0.25, 0.3) is 5.91 Å². The van der Waals surface area contributed by atoms with Crippen molar-refractivity contribution in [3.8, 4) is 0 Å². The van der Waals surface area contributed by atoms with Gasteiger partial charge in [-0.25, -0.2) is 0 Å². The van der Waals surface area contributed by atoms with E-state index < -0.39 is 5.60 Å². The highest BCUT2D eigenvalue weighted by Crippen LogP contribution is 2.16. The van der Waals surface area contributed by atoms with Gasteiger partial charge in [0, 0.05) is 6.54 Å². The van der Waals surface area contributed by atoms with Crippen LogP contribution in [0.4, 0.5) is 0 Å². The molecule has 1 N–H and O–H groups in total. The van der Waals surface area contributed by atoms with Crippen LogP contribution in [0.5, 0.6) is 0 Å². The molecule has 1 saturated heterocycles. The molecular formula is C10H19NO3. The zero-order chi connectivity index (χ0) is 10.9. The van der Waals surface area contributed by atoms with Crippen LogP contribution in [-0.4, -0.2) is 46.8 Å². The van der Waals surface area contributed by atoms with Gasteiger partial charge in [0.1, 0.15) is 5.60 Å². The SMILES string of the molecule is CC1CN(C(=O)C(C)(C)O)C(C)CO1. The number of morpholine rings is 1. The van der Waals surface area contributed by atoms with Crippen LogP contribution in [0.3, 0.4) is 0 Å². The molecule has 4 nitrogen and oxygen atoms in total. The van der Waals surface area contributed by atoms with Gasteiger partial charge in [0.15, 0.2) is 0 Å². The summed E-state index contributed by atoms with van der Waals surface area (Å²) in [6.07, 6.45) is 0.0532. The van der Waals surface area contributed by atoms with E-state index in [0.29, 0.717) is 13.2 Å². The summed E-state index contributed by atoms with van der Waals surface area (Å²) in [6, 6.07) is 0.0464. The highest BCUT2D eigenvalue weighted by Gasteiger charge is 2.35. The standard InChI is InChI=1S/C10H19NO3/c1-7-6-14-8(2)5-11(7)9(12)10(3,4)13/h7-8,13H,5-6H2,1-4H3. The van der Waals surface area contributed by atoms with E-state index in [1.807, 2.05) is 13.8 Å². The predicted octanol–water partition coefficient (Wildman–Crippen LogP) is 0.393. The highest BCUT2D eigenvalue weighted by atomic mass is 16.5. The molecule has 82 valence electrons. The van der Waals surface area contributed by atoms with E-state index in [2.05, 4.69) is 0 Å². The molecule has 0 aliphatic carbocycles. The zero-order valence-electron chi connectivity index (χ0n) is 9.28. The predicted molar refractivity (Wildman–Crippen MR) is 52.9 cm³/mol. The molecule has 1 fully saturated rings. The lowest BCUT2D eigenvalue weighted by atomic mass is 10.1. The molecule has 0 aromatic heterocycles. The summed E-state index contributed by atoms with van der Waals surface area (Å²) in [5.41, 5.74) is -1.29. The lowest BCUT2D eigenvalue weighted by molar-refractivity contribution is -0.159. The van der Waals surface area contributed by atoms with Gasteiger partial charge in [-0.15, -0.1) is 0 Å². The molecule has 0 aromatic carbocycles. The third kappa shape index (κ3) is 2.45. The average molecular weight is 201 g/mol. The fourth-order valence-corrected chi connectivity index (χ4v) is 1.54. The maximum atomic E-state index is 11.8. The quantitative estimate of drug-likeness (QED) is 0.668. The van der Waals surface area contributed by atoms with E-state index in [1.165, 1.54) is 13.8 Å². The normalized spacial score (nSPS) is 29.1. The Labute approximate surface area is 84.8 Å². The number of nitrogens with zero attached hydrogens (tertiary/aromatic N) is 1. The number of amides is 1. The van der Waals surface area contributed by atoms with Gasteiger partial charge in [-0.3, -0.25) is 4.79 Å². The number of carbonyl (C=O) groups excluding carboxylic acids is 1. The molecular weight excluding hydrogens is 182 g/mol. The Balaban J connectivity index is 2.70. The Kier molecular flexibility index (Phi) is 3.17. The van der Waals surface area contributed by atoms with Crippen LogP contribution in [0.25, 0.3) is 0 Å². The molecule has 0 spiro atoms. The highest BCUT2D eigenvalue weighted by molar-refractivity contribution is 5.84. The van der Waals surface area contributed by atoms with Crippen LogP contribution < -0.4 is 0 Å². The summed E-state index contributed by atoms with van der Waals surface area (Å²) >= 11 is 0. The minimum atomic E-state index is -1.29. The summed E-state index contributed by atoms with van der Waals surface area (Å²) in [4.78, 5) is 13.5. The van der Waals surface area contributed by atoms with Gasteiger partial charge < -0.3 is 14.7 Å². The molecule has 1 amide bonds. The maximum absolute atomic E-state index is 11.8. The number of hydrogen-bond acceptors (Lipinski definition) is 3. The van der Waals surface area contributed by atoms with E-state index in [-0.39, 0.29) is 18.1 Å². The molecule has 0 saturated carbocycles. The van der Waals surface area contributed by atoms with Crippen molar-refractivity contribution in [2.24, 2.45) is 0 Å². The van der Waals surface area contributed by atoms with E-state index >= 15 is 0 Å². The van der Waals surface area contributed by atoms with Crippen LogP contribution in [0.2, 0.25) is 0 Å². The van der Waals surface area contributed by atoms with E-state index in [4.69, 9.17) is 4.74 Å². The van der Waals surface area contributed by atoms with Crippen LogP contribution in [0.15, 0.2) is 0 Å². The first-order chi connectivity index (χ1) is 6.32. The fourth-order valence-electron chi connectivity index (χ4n) is 1.54. The van der Waals surface area contributed by atoms with Gasteiger partial charge in [-0.2, -0.15) is 0 Å². The van der Waals surface area contributed by atoms with Crippen molar-refractivity contribution in [1.29, 1.82) is 0 Å². The topological polar surface area (TPSA) is 49.8 Å². The number of carbonyl (C=O) groups is 1. The van der Waals surface area contributed by atoms with Gasteiger partial charge in [0.05, 0.1) is 18.8 Å². The Morgan fingerprint density at radius 3 is 2.57 bits per heavy atom. The molecule has 2 unspecified atom stereocenters. The Bertz CT molecular complexity index is 222. The molecule has 1 aliphatic heterocycles. The summed E-state index contributed by atoms with van der Waals surface area (Å²) in [5.74, 6) is -0.222. The second-order valence-corrected chi connectivity index (χ2v) is 4.51. The minimum absolute atomic E-state index is 0.0464. The van der Waals surface area contributed by atoms with Crippen molar-refractivity contribution in [2.75, 3.05) is 13.2 Å². The first-order valence-corrected chi connectivity index (χ1v) is 4.97. The average Bonchev–Trinajstić information content (AvgIpc) is 2.06. The van der Waals surface area contributed by atoms with Gasteiger partial charge in [0.2, 0.25) is 0 Å². The van der Waals surface area contributed by atoms with Crippen molar-refractivity contribution >= 4 is 5.91 Å². The molecule has 0 bridgehead atoms. The third-order valence-electron chi connectivity index (χ3n) is 2.39. The lowest BCUT2D eigenvalue weighted by Gasteiger charge is -2.39. The maximum Gasteiger partial charge on any atom is 0.254 e. The Morgan fingerprint density at radius 1 is 1.50 bits per heavy atom. The van der Waals surface area contributed by atoms with Crippen molar-refractivity contribution < 1.29 is 14.6 Å². The van der Waals surface area contributed by atoms with Crippen molar-refractivity contribution in [3.63, 3.8) is 0 Å². The first-order valence-electron chi connectivity index (χ1n) is 4.97. The summed E-state index contributed by atoms with van der Waals surface area (Å²) in [7, 11) is 0. The Hall–Kier alpha value is -0.610. The minimum Gasteiger partial charge on any atom is -0.381 e. The summed E-state index contributed by atoms with van der Waals surface area (Å²) < 4.78 is 5.41. The van der Waals surface area contributed by atoms with Crippen LogP contribution in [0, 0.1) is 0 Å². The molecule has 0 aromatic rings. The van der Waals surface area contributed by atoms with E-state index in [9.17, 15) is 9.90 Å². The zero-order valence-corrected chi connectivity index (χ0v) is 9.28. The lowest BCUT2D eigenvalue weighted by Crippen LogP contribution is -2.55. The molecule has 14 heavy (non-hydrogen) atoms. The van der Waals surface area contributed by atoms with Crippen molar-refractivity contribution in [2.45, 2.75) is 45.4 Å².